The molecule has 2 fully saturated rings. The molecule has 0 aromatic carbocycles. The largest absolute Gasteiger partial charge is 0.294 e. The lowest BCUT2D eigenvalue weighted by atomic mass is 9.78. The van der Waals surface area contributed by atoms with Crippen LogP contribution in [0, 0.1) is 5.92 Å². The molecule has 19 heavy (non-hydrogen) atoms. The first-order valence-electron chi connectivity index (χ1n) is 7.29. The third kappa shape index (κ3) is 3.07. The minimum Gasteiger partial charge on any atom is -0.294 e. The van der Waals surface area contributed by atoms with E-state index in [1.54, 1.807) is 6.07 Å². The van der Waals surface area contributed by atoms with Crippen molar-refractivity contribution < 1.29 is 0 Å². The molecule has 3 rings (SSSR count). The predicted octanol–water partition coefficient (Wildman–Crippen LogP) is 4.54. The van der Waals surface area contributed by atoms with Gasteiger partial charge in [-0.05, 0) is 50.3 Å². The van der Waals surface area contributed by atoms with Gasteiger partial charge >= 0.3 is 0 Å². The molecule has 2 nitrogen and oxygen atoms in total. The van der Waals surface area contributed by atoms with Gasteiger partial charge in [0.2, 0.25) is 0 Å². The van der Waals surface area contributed by atoms with E-state index in [1.165, 1.54) is 45.1 Å². The minimum atomic E-state index is 0.539. The molecule has 0 bridgehead atoms. The van der Waals surface area contributed by atoms with Crippen LogP contribution in [-0.2, 0) is 6.54 Å². The summed E-state index contributed by atoms with van der Waals surface area (Å²) >= 11 is 12.2. The molecule has 4 heteroatoms. The van der Waals surface area contributed by atoms with Gasteiger partial charge in [0.15, 0.2) is 0 Å². The lowest BCUT2D eigenvalue weighted by Crippen LogP contribution is -2.46. The van der Waals surface area contributed by atoms with Crippen LogP contribution >= 0.6 is 23.2 Å². The van der Waals surface area contributed by atoms with Gasteiger partial charge in [-0.2, -0.15) is 0 Å². The molecule has 1 aromatic rings. The van der Waals surface area contributed by atoms with Crippen LogP contribution in [0.1, 0.15) is 44.2 Å². The summed E-state index contributed by atoms with van der Waals surface area (Å²) in [6.45, 7) is 2.02. The summed E-state index contributed by atoms with van der Waals surface area (Å²) in [7, 11) is 0. The van der Waals surface area contributed by atoms with E-state index < -0.39 is 0 Å². The Labute approximate surface area is 125 Å². The summed E-state index contributed by atoms with van der Waals surface area (Å²) in [5, 5.41) is 1.28. The molecule has 104 valence electrons. The topological polar surface area (TPSA) is 16.1 Å². The van der Waals surface area contributed by atoms with Gasteiger partial charge in [0.25, 0.3) is 0 Å². The summed E-state index contributed by atoms with van der Waals surface area (Å²) in [6, 6.07) is 4.35. The van der Waals surface area contributed by atoms with Crippen molar-refractivity contribution in [2.45, 2.75) is 51.1 Å². The summed E-state index contributed by atoms with van der Waals surface area (Å²) in [5.41, 5.74) is 0.931. The maximum atomic E-state index is 6.24. The molecule has 2 heterocycles. The van der Waals surface area contributed by atoms with Crippen molar-refractivity contribution in [1.29, 1.82) is 0 Å². The van der Waals surface area contributed by atoms with Crippen LogP contribution in [0.2, 0.25) is 10.2 Å². The van der Waals surface area contributed by atoms with E-state index in [4.69, 9.17) is 23.2 Å². The Kier molecular flexibility index (Phi) is 4.30. The van der Waals surface area contributed by atoms with Crippen molar-refractivity contribution >= 4 is 23.2 Å². The second-order valence-corrected chi connectivity index (χ2v) is 6.58. The van der Waals surface area contributed by atoms with Crippen molar-refractivity contribution in [3.05, 3.63) is 28.0 Å². The molecular formula is C15H20Cl2N2. The number of likely N-dealkylation sites (tertiary alicyclic amines) is 1. The quantitative estimate of drug-likeness (QED) is 0.745. The zero-order chi connectivity index (χ0) is 13.2. The van der Waals surface area contributed by atoms with Crippen LogP contribution in [0.4, 0.5) is 0 Å². The Balaban J connectivity index is 1.75. The van der Waals surface area contributed by atoms with Gasteiger partial charge in [-0.25, -0.2) is 4.98 Å². The van der Waals surface area contributed by atoms with Crippen molar-refractivity contribution in [1.82, 2.24) is 9.88 Å². The van der Waals surface area contributed by atoms with Gasteiger partial charge in [-0.3, -0.25) is 4.90 Å². The number of rotatable bonds is 2. The van der Waals surface area contributed by atoms with Crippen molar-refractivity contribution in [2.75, 3.05) is 6.54 Å². The molecule has 1 aliphatic heterocycles. The highest BCUT2D eigenvalue weighted by Crippen LogP contribution is 2.36. The van der Waals surface area contributed by atoms with Crippen molar-refractivity contribution in [3.63, 3.8) is 0 Å². The molecule has 2 unspecified atom stereocenters. The Bertz CT molecular complexity index is 448. The number of hydrogen-bond acceptors (Lipinski definition) is 2. The number of piperidine rings is 1. The number of fused-ring (bicyclic) bond motifs is 1. The van der Waals surface area contributed by atoms with Gasteiger partial charge in [0.1, 0.15) is 5.15 Å². The summed E-state index contributed by atoms with van der Waals surface area (Å²) < 4.78 is 0. The van der Waals surface area contributed by atoms with Crippen LogP contribution in [0.25, 0.3) is 0 Å². The van der Waals surface area contributed by atoms with E-state index in [2.05, 4.69) is 9.88 Å². The second-order valence-electron chi connectivity index (χ2n) is 5.79. The Morgan fingerprint density at radius 2 is 1.89 bits per heavy atom. The molecule has 1 aliphatic carbocycles. The number of halogens is 2. The van der Waals surface area contributed by atoms with Crippen LogP contribution in [0.5, 0.6) is 0 Å². The zero-order valence-corrected chi connectivity index (χ0v) is 12.6. The Hall–Kier alpha value is -0.310. The van der Waals surface area contributed by atoms with E-state index >= 15 is 0 Å². The number of pyridine rings is 1. The van der Waals surface area contributed by atoms with Gasteiger partial charge < -0.3 is 0 Å². The number of nitrogens with zero attached hydrogens (tertiary/aromatic N) is 2. The number of aromatic nitrogens is 1. The molecule has 0 radical (unpaired) electrons. The third-order valence-corrected chi connectivity index (χ3v) is 5.15. The number of hydrogen-bond donors (Lipinski definition) is 0. The fourth-order valence-corrected chi connectivity index (χ4v) is 4.02. The zero-order valence-electron chi connectivity index (χ0n) is 11.1. The smallest absolute Gasteiger partial charge is 0.129 e. The summed E-state index contributed by atoms with van der Waals surface area (Å²) in [6.07, 6.45) is 8.22. The molecule has 0 N–H and O–H groups in total. The average Bonchev–Trinajstić information content (AvgIpc) is 2.43. The van der Waals surface area contributed by atoms with E-state index in [0.29, 0.717) is 5.15 Å². The van der Waals surface area contributed by atoms with Crippen molar-refractivity contribution in [2.24, 2.45) is 5.92 Å². The molecule has 0 amide bonds. The molecule has 1 aromatic heterocycles. The maximum absolute atomic E-state index is 6.24. The van der Waals surface area contributed by atoms with E-state index in [-0.39, 0.29) is 0 Å². The molecule has 1 saturated carbocycles. The van der Waals surface area contributed by atoms with Crippen LogP contribution in [0.3, 0.4) is 0 Å². The predicted molar refractivity (Wildman–Crippen MR) is 79.6 cm³/mol. The Morgan fingerprint density at radius 1 is 1.11 bits per heavy atom. The van der Waals surface area contributed by atoms with Crippen LogP contribution in [0.15, 0.2) is 12.1 Å². The fourth-order valence-electron chi connectivity index (χ4n) is 3.69. The van der Waals surface area contributed by atoms with E-state index in [9.17, 15) is 0 Å². The molecule has 2 atom stereocenters. The molecule has 1 saturated heterocycles. The first-order valence-corrected chi connectivity index (χ1v) is 8.04. The highest BCUT2D eigenvalue weighted by atomic mass is 35.5. The van der Waals surface area contributed by atoms with Crippen LogP contribution < -0.4 is 0 Å². The normalized spacial score (nSPS) is 28.1. The molecule has 0 spiro atoms. The fraction of sp³-hybridized carbons (Fsp3) is 0.667. The van der Waals surface area contributed by atoms with Gasteiger partial charge in [-0.15, -0.1) is 0 Å². The highest BCUT2D eigenvalue weighted by molar-refractivity contribution is 6.32. The lowest BCUT2D eigenvalue weighted by molar-refractivity contribution is 0.0538. The SMILES string of the molecule is Clc1ccc(Cl)c(CN2CCCC3CCCCC32)n1. The minimum absolute atomic E-state index is 0.539. The Morgan fingerprint density at radius 3 is 2.79 bits per heavy atom. The first kappa shape index (κ1) is 13.7. The maximum Gasteiger partial charge on any atom is 0.129 e. The standard InChI is InChI=1S/C15H20Cl2N2/c16-12-7-8-15(17)18-13(12)10-19-9-3-5-11-4-1-2-6-14(11)19/h7-8,11,14H,1-6,9-10H2. The highest BCUT2D eigenvalue weighted by Gasteiger charge is 2.33. The monoisotopic (exact) mass is 298 g/mol. The summed E-state index contributed by atoms with van der Waals surface area (Å²) in [5.74, 6) is 0.889. The second kappa shape index (κ2) is 5.99. The summed E-state index contributed by atoms with van der Waals surface area (Å²) in [4.78, 5) is 6.98. The molecule has 2 aliphatic rings. The average molecular weight is 299 g/mol. The third-order valence-electron chi connectivity index (χ3n) is 4.60. The molecular weight excluding hydrogens is 279 g/mol. The van der Waals surface area contributed by atoms with Crippen LogP contribution in [-0.4, -0.2) is 22.5 Å². The van der Waals surface area contributed by atoms with E-state index in [1.807, 2.05) is 6.07 Å². The first-order chi connectivity index (χ1) is 9.24. The van der Waals surface area contributed by atoms with Gasteiger partial charge in [0, 0.05) is 12.6 Å². The van der Waals surface area contributed by atoms with E-state index in [0.717, 1.165) is 29.2 Å². The van der Waals surface area contributed by atoms with Gasteiger partial charge in [-0.1, -0.05) is 36.0 Å². The van der Waals surface area contributed by atoms with Crippen molar-refractivity contribution in [3.8, 4) is 0 Å². The lowest BCUT2D eigenvalue weighted by Gasteiger charge is -2.44. The van der Waals surface area contributed by atoms with Gasteiger partial charge in [0.05, 0.1) is 10.7 Å².